The Kier molecular flexibility index (Phi) is 14.2. The van der Waals surface area contributed by atoms with Gasteiger partial charge in [-0.2, -0.15) is 0 Å². The van der Waals surface area contributed by atoms with Crippen molar-refractivity contribution in [1.29, 1.82) is 0 Å². The van der Waals surface area contributed by atoms with Crippen LogP contribution >= 0.6 is 23.2 Å². The summed E-state index contributed by atoms with van der Waals surface area (Å²) in [6.07, 6.45) is 19.2. The van der Waals surface area contributed by atoms with Gasteiger partial charge in [0.1, 0.15) is 0 Å². The summed E-state index contributed by atoms with van der Waals surface area (Å²) in [6.45, 7) is 9.94. The van der Waals surface area contributed by atoms with Gasteiger partial charge >= 0.3 is 0 Å². The average Bonchev–Trinajstić information content (AvgIpc) is 2.83. The van der Waals surface area contributed by atoms with Crippen LogP contribution in [-0.4, -0.2) is 58.8 Å². The standard InChI is InChI=1S/C29H52Cl2N2.2H2O/c1-21(2)29(20-33-16-14-25(15-17-33)23-6-10-27(30)11-7-23)32-19-22-4-3-5-26(18-22)24-8-12-28(31)13-9-24;;/h21-29,32H,3-20H2,1-2H3;2*1H2/t22?,23?,24?,26?,27?,28?,29-;;/m0../s1. The summed E-state index contributed by atoms with van der Waals surface area (Å²) in [5.74, 6) is 5.45. The first kappa shape index (κ1) is 31.6. The quantitative estimate of drug-likeness (QED) is 0.383. The lowest BCUT2D eigenvalue weighted by Gasteiger charge is -2.41. The van der Waals surface area contributed by atoms with E-state index in [1.54, 1.807) is 0 Å². The normalized spacial score (nSPS) is 36.3. The van der Waals surface area contributed by atoms with Crippen molar-refractivity contribution in [2.75, 3.05) is 26.2 Å². The Labute approximate surface area is 226 Å². The fourth-order valence-electron chi connectivity index (χ4n) is 7.76. The van der Waals surface area contributed by atoms with E-state index in [9.17, 15) is 0 Å². The molecule has 0 aromatic carbocycles. The molecule has 0 aromatic heterocycles. The zero-order chi connectivity index (χ0) is 23.2. The highest BCUT2D eigenvalue weighted by molar-refractivity contribution is 6.20. The van der Waals surface area contributed by atoms with E-state index in [0.29, 0.717) is 22.7 Å². The Balaban J connectivity index is 0.00000216. The number of hydrogen-bond acceptors (Lipinski definition) is 2. The maximum atomic E-state index is 6.38. The summed E-state index contributed by atoms with van der Waals surface area (Å²) < 4.78 is 0. The van der Waals surface area contributed by atoms with Crippen molar-refractivity contribution >= 4 is 23.2 Å². The number of nitrogens with one attached hydrogen (secondary N) is 1. The molecule has 4 nitrogen and oxygen atoms in total. The van der Waals surface area contributed by atoms with Crippen LogP contribution in [-0.2, 0) is 0 Å². The molecule has 0 spiro atoms. The average molecular weight is 536 g/mol. The molecule has 0 amide bonds. The van der Waals surface area contributed by atoms with E-state index in [2.05, 4.69) is 24.1 Å². The van der Waals surface area contributed by atoms with Crippen LogP contribution in [0.2, 0.25) is 0 Å². The highest BCUT2D eigenvalue weighted by Gasteiger charge is 2.33. The first-order valence-corrected chi connectivity index (χ1v) is 15.6. The maximum absolute atomic E-state index is 6.38. The van der Waals surface area contributed by atoms with E-state index in [1.165, 1.54) is 116 Å². The lowest BCUT2D eigenvalue weighted by molar-refractivity contribution is 0.110. The number of rotatable bonds is 8. The molecule has 3 atom stereocenters. The maximum Gasteiger partial charge on any atom is 0.0336 e. The van der Waals surface area contributed by atoms with E-state index in [4.69, 9.17) is 23.2 Å². The molecular formula is C29H56Cl2N2O2. The Bertz CT molecular complexity index is 557. The third-order valence-electron chi connectivity index (χ3n) is 10.1. The molecule has 3 saturated carbocycles. The summed E-state index contributed by atoms with van der Waals surface area (Å²) in [5.41, 5.74) is 0. The van der Waals surface area contributed by atoms with Crippen molar-refractivity contribution < 1.29 is 11.0 Å². The second-order valence-corrected chi connectivity index (χ2v) is 13.9. The first-order chi connectivity index (χ1) is 16.0. The van der Waals surface area contributed by atoms with Gasteiger partial charge in [-0.15, -0.1) is 23.2 Å². The molecule has 0 aromatic rings. The van der Waals surface area contributed by atoms with E-state index >= 15 is 0 Å². The van der Waals surface area contributed by atoms with Crippen molar-refractivity contribution in [3.63, 3.8) is 0 Å². The number of likely N-dealkylation sites (tertiary alicyclic amines) is 1. The largest absolute Gasteiger partial charge is 0.412 e. The Morgan fingerprint density at radius 3 is 1.74 bits per heavy atom. The topological polar surface area (TPSA) is 78.3 Å². The summed E-state index contributed by atoms with van der Waals surface area (Å²) in [5, 5.41) is 4.98. The molecule has 3 aliphatic carbocycles. The molecule has 4 rings (SSSR count). The lowest BCUT2D eigenvalue weighted by atomic mass is 9.70. The predicted octanol–water partition coefficient (Wildman–Crippen LogP) is 6.06. The molecule has 35 heavy (non-hydrogen) atoms. The minimum atomic E-state index is 0. The second-order valence-electron chi connectivity index (χ2n) is 12.7. The van der Waals surface area contributed by atoms with E-state index in [-0.39, 0.29) is 11.0 Å². The molecule has 0 radical (unpaired) electrons. The molecular weight excluding hydrogens is 479 g/mol. The molecule has 4 aliphatic rings. The zero-order valence-corrected chi connectivity index (χ0v) is 24.1. The van der Waals surface area contributed by atoms with Crippen LogP contribution in [0.1, 0.15) is 104 Å². The fourth-order valence-corrected chi connectivity index (χ4v) is 8.26. The summed E-state index contributed by atoms with van der Waals surface area (Å²) in [6, 6.07) is 0.639. The van der Waals surface area contributed by atoms with Gasteiger partial charge in [0.05, 0.1) is 0 Å². The fraction of sp³-hybridized carbons (Fsp3) is 1.00. The smallest absolute Gasteiger partial charge is 0.0336 e. The van der Waals surface area contributed by atoms with Crippen molar-refractivity contribution in [3.05, 3.63) is 0 Å². The van der Waals surface area contributed by atoms with Crippen molar-refractivity contribution in [2.45, 2.75) is 121 Å². The van der Waals surface area contributed by atoms with Gasteiger partial charge < -0.3 is 21.2 Å². The molecule has 5 N–H and O–H groups in total. The minimum absolute atomic E-state index is 0. The van der Waals surface area contributed by atoms with Crippen LogP contribution in [0.5, 0.6) is 0 Å². The van der Waals surface area contributed by atoms with Crippen LogP contribution in [0.25, 0.3) is 0 Å². The molecule has 1 aliphatic heterocycles. The second kappa shape index (κ2) is 15.7. The number of hydrogen-bond donors (Lipinski definition) is 1. The Hall–Kier alpha value is 0.420. The van der Waals surface area contributed by atoms with Gasteiger partial charge in [0.2, 0.25) is 0 Å². The monoisotopic (exact) mass is 534 g/mol. The highest BCUT2D eigenvalue weighted by atomic mass is 35.5. The molecule has 2 unspecified atom stereocenters. The molecule has 1 saturated heterocycles. The number of alkyl halides is 2. The van der Waals surface area contributed by atoms with Gasteiger partial charge in [0.15, 0.2) is 0 Å². The summed E-state index contributed by atoms with van der Waals surface area (Å²) >= 11 is 12.7. The van der Waals surface area contributed by atoms with Gasteiger partial charge in [-0.3, -0.25) is 0 Å². The Morgan fingerprint density at radius 1 is 0.686 bits per heavy atom. The van der Waals surface area contributed by atoms with E-state index < -0.39 is 0 Å². The Morgan fingerprint density at radius 2 is 1.20 bits per heavy atom. The van der Waals surface area contributed by atoms with Gasteiger partial charge in [-0.05, 0) is 132 Å². The van der Waals surface area contributed by atoms with Crippen molar-refractivity contribution in [3.8, 4) is 0 Å². The minimum Gasteiger partial charge on any atom is -0.412 e. The molecule has 6 heteroatoms. The first-order valence-electron chi connectivity index (χ1n) is 14.7. The predicted molar refractivity (Wildman–Crippen MR) is 152 cm³/mol. The van der Waals surface area contributed by atoms with Crippen LogP contribution in [0, 0.1) is 35.5 Å². The van der Waals surface area contributed by atoms with E-state index in [1.807, 2.05) is 0 Å². The number of halogens is 2. The summed E-state index contributed by atoms with van der Waals surface area (Å²) in [7, 11) is 0. The van der Waals surface area contributed by atoms with E-state index in [0.717, 1.165) is 29.6 Å². The van der Waals surface area contributed by atoms with Gasteiger partial charge in [0, 0.05) is 23.3 Å². The van der Waals surface area contributed by atoms with Crippen LogP contribution in [0.4, 0.5) is 0 Å². The lowest BCUT2D eigenvalue weighted by Crippen LogP contribution is -2.48. The van der Waals surface area contributed by atoms with Crippen LogP contribution < -0.4 is 5.32 Å². The molecule has 208 valence electrons. The third-order valence-corrected chi connectivity index (χ3v) is 11.0. The van der Waals surface area contributed by atoms with Gasteiger partial charge in [-0.25, -0.2) is 0 Å². The molecule has 1 heterocycles. The summed E-state index contributed by atoms with van der Waals surface area (Å²) in [4.78, 5) is 2.77. The SMILES string of the molecule is CC(C)[C@H](CN1CCC(C2CCC(Cl)CC2)CC1)NCC1CCCC(C2CCC(Cl)CC2)C1.O.O. The highest BCUT2D eigenvalue weighted by Crippen LogP contribution is 2.41. The third kappa shape index (κ3) is 9.59. The molecule has 0 bridgehead atoms. The zero-order valence-electron chi connectivity index (χ0n) is 22.6. The van der Waals surface area contributed by atoms with Gasteiger partial charge in [-0.1, -0.05) is 26.7 Å². The number of piperidine rings is 1. The molecule has 4 fully saturated rings. The van der Waals surface area contributed by atoms with Crippen molar-refractivity contribution in [2.24, 2.45) is 35.5 Å². The van der Waals surface area contributed by atoms with Crippen LogP contribution in [0.15, 0.2) is 0 Å². The van der Waals surface area contributed by atoms with Crippen molar-refractivity contribution in [1.82, 2.24) is 10.2 Å². The number of nitrogens with zero attached hydrogens (tertiary/aromatic N) is 1. The van der Waals surface area contributed by atoms with Gasteiger partial charge in [0.25, 0.3) is 0 Å². The van der Waals surface area contributed by atoms with Crippen LogP contribution in [0.3, 0.4) is 0 Å².